The van der Waals surface area contributed by atoms with Gasteiger partial charge in [-0.05, 0) is 31.4 Å². The molecule has 6 nitrogen and oxygen atoms in total. The Hall–Kier alpha value is -1.86. The van der Waals surface area contributed by atoms with Gasteiger partial charge in [0, 0.05) is 38.3 Å². The number of thioether (sulfide) groups is 1. The van der Waals surface area contributed by atoms with E-state index in [1.165, 1.54) is 11.8 Å². The second-order valence-corrected chi connectivity index (χ2v) is 7.68. The molecule has 7 heteroatoms. The summed E-state index contributed by atoms with van der Waals surface area (Å²) < 4.78 is 7.34. The van der Waals surface area contributed by atoms with Crippen LogP contribution in [0.2, 0.25) is 0 Å². The molecule has 1 N–H and O–H groups in total. The number of pyridine rings is 1. The molecule has 0 aliphatic heterocycles. The number of hydrogen-bond acceptors (Lipinski definition) is 5. The normalized spacial score (nSPS) is 12.4. The van der Waals surface area contributed by atoms with Crippen LogP contribution < -0.4 is 5.32 Å². The molecule has 1 unspecified atom stereocenters. The molecule has 0 bridgehead atoms. The van der Waals surface area contributed by atoms with Crippen LogP contribution in [0.15, 0.2) is 29.7 Å². The fraction of sp³-hybridized carbons (Fsp3) is 0.526. The monoisotopic (exact) mass is 376 g/mol. The van der Waals surface area contributed by atoms with Crippen LogP contribution in [0.4, 0.5) is 0 Å². The highest BCUT2D eigenvalue weighted by atomic mass is 32.2. The molecule has 1 amide bonds. The molecule has 0 aromatic carbocycles. The van der Waals surface area contributed by atoms with E-state index in [0.29, 0.717) is 13.2 Å². The van der Waals surface area contributed by atoms with Gasteiger partial charge in [0.25, 0.3) is 0 Å². The Bertz CT molecular complexity index is 716. The van der Waals surface area contributed by atoms with E-state index < -0.39 is 0 Å². The third kappa shape index (κ3) is 5.32. The van der Waals surface area contributed by atoms with Crippen LogP contribution >= 0.6 is 11.8 Å². The van der Waals surface area contributed by atoms with Crippen LogP contribution in [-0.4, -0.2) is 39.4 Å². The van der Waals surface area contributed by atoms with Crippen molar-refractivity contribution in [3.8, 4) is 0 Å². The molecule has 0 spiro atoms. The molecular formula is C19H28N4O2S. The maximum absolute atomic E-state index is 12.8. The van der Waals surface area contributed by atoms with Gasteiger partial charge < -0.3 is 14.6 Å². The van der Waals surface area contributed by atoms with Crippen LogP contribution in [0.5, 0.6) is 0 Å². The number of imidazole rings is 1. The molecule has 0 aliphatic rings. The van der Waals surface area contributed by atoms with E-state index in [9.17, 15) is 4.79 Å². The first-order valence-electron chi connectivity index (χ1n) is 8.80. The summed E-state index contributed by atoms with van der Waals surface area (Å²) in [5, 5.41) is 3.68. The third-order valence-corrected chi connectivity index (χ3v) is 5.76. The van der Waals surface area contributed by atoms with Crippen LogP contribution in [-0.2, 0) is 22.6 Å². The number of aryl methyl sites for hydroxylation is 1. The molecule has 0 aliphatic carbocycles. The van der Waals surface area contributed by atoms with E-state index in [-0.39, 0.29) is 17.1 Å². The van der Waals surface area contributed by atoms with E-state index in [0.717, 1.165) is 28.7 Å². The smallest absolute Gasteiger partial charge is 0.234 e. The third-order valence-electron chi connectivity index (χ3n) is 4.23. The largest absolute Gasteiger partial charge is 0.383 e. The molecule has 2 rings (SSSR count). The Morgan fingerprint density at radius 3 is 2.77 bits per heavy atom. The summed E-state index contributed by atoms with van der Waals surface area (Å²) in [5.41, 5.74) is 3.09. The zero-order valence-electron chi connectivity index (χ0n) is 16.2. The summed E-state index contributed by atoms with van der Waals surface area (Å²) in [4.78, 5) is 21.5. The number of ether oxygens (including phenoxy) is 1. The standard InChI is InChI=1S/C19H28N4O2S/c1-13(2)17(18(24)21-12-16-7-6-8-20-11-16)26-19-22-14(3)15(4)23(19)9-10-25-5/h6-8,11,13,17H,9-10,12H2,1-5H3,(H,21,24). The van der Waals surface area contributed by atoms with Gasteiger partial charge in [-0.15, -0.1) is 0 Å². The zero-order valence-corrected chi connectivity index (χ0v) is 17.0. The second-order valence-electron chi connectivity index (χ2n) is 6.57. The fourth-order valence-electron chi connectivity index (χ4n) is 2.56. The molecule has 0 radical (unpaired) electrons. The van der Waals surface area contributed by atoms with Crippen molar-refractivity contribution < 1.29 is 9.53 Å². The molecule has 0 saturated carbocycles. The van der Waals surface area contributed by atoms with Gasteiger partial charge in [0.05, 0.1) is 17.6 Å². The molecule has 2 aromatic rings. The molecule has 2 aromatic heterocycles. The quantitative estimate of drug-likeness (QED) is 0.682. The van der Waals surface area contributed by atoms with Crippen molar-refractivity contribution in [2.24, 2.45) is 5.92 Å². The van der Waals surface area contributed by atoms with Crippen molar-refractivity contribution in [2.75, 3.05) is 13.7 Å². The zero-order chi connectivity index (χ0) is 19.1. The maximum atomic E-state index is 12.8. The highest BCUT2D eigenvalue weighted by molar-refractivity contribution is 8.00. The highest BCUT2D eigenvalue weighted by Crippen LogP contribution is 2.29. The van der Waals surface area contributed by atoms with Crippen molar-refractivity contribution in [3.05, 3.63) is 41.5 Å². The fourth-order valence-corrected chi connectivity index (χ4v) is 3.79. The van der Waals surface area contributed by atoms with Gasteiger partial charge in [0.2, 0.25) is 5.91 Å². The lowest BCUT2D eigenvalue weighted by atomic mass is 10.1. The predicted molar refractivity (Wildman–Crippen MR) is 104 cm³/mol. The minimum Gasteiger partial charge on any atom is -0.383 e. The number of nitrogens with zero attached hydrogens (tertiary/aromatic N) is 3. The molecule has 1 atom stereocenters. The minimum absolute atomic E-state index is 0.0189. The lowest BCUT2D eigenvalue weighted by molar-refractivity contribution is -0.121. The molecule has 0 saturated heterocycles. The van der Waals surface area contributed by atoms with E-state index in [4.69, 9.17) is 4.74 Å². The highest BCUT2D eigenvalue weighted by Gasteiger charge is 2.26. The Morgan fingerprint density at radius 2 is 2.15 bits per heavy atom. The Labute approximate surface area is 159 Å². The van der Waals surface area contributed by atoms with E-state index in [2.05, 4.69) is 40.6 Å². The van der Waals surface area contributed by atoms with Crippen molar-refractivity contribution in [3.63, 3.8) is 0 Å². The Balaban J connectivity index is 2.10. The number of nitrogens with one attached hydrogen (secondary N) is 1. The summed E-state index contributed by atoms with van der Waals surface area (Å²) in [7, 11) is 1.69. The summed E-state index contributed by atoms with van der Waals surface area (Å²) in [6.45, 7) is 9.99. The van der Waals surface area contributed by atoms with Gasteiger partial charge in [0.15, 0.2) is 5.16 Å². The first-order chi connectivity index (χ1) is 12.4. The van der Waals surface area contributed by atoms with Crippen LogP contribution in [0.3, 0.4) is 0 Å². The maximum Gasteiger partial charge on any atom is 0.234 e. The van der Waals surface area contributed by atoms with Gasteiger partial charge in [-0.25, -0.2) is 4.98 Å². The topological polar surface area (TPSA) is 69.0 Å². The number of methoxy groups -OCH3 is 1. The molecular weight excluding hydrogens is 348 g/mol. The second kappa shape index (κ2) is 9.73. The molecule has 0 fully saturated rings. The van der Waals surface area contributed by atoms with Gasteiger partial charge in [-0.2, -0.15) is 0 Å². The predicted octanol–water partition coefficient (Wildman–Crippen LogP) is 2.97. The van der Waals surface area contributed by atoms with Gasteiger partial charge in [-0.3, -0.25) is 9.78 Å². The van der Waals surface area contributed by atoms with Crippen LogP contribution in [0, 0.1) is 19.8 Å². The van der Waals surface area contributed by atoms with Crippen molar-refractivity contribution >= 4 is 17.7 Å². The van der Waals surface area contributed by atoms with Crippen LogP contribution in [0.1, 0.15) is 30.8 Å². The lowest BCUT2D eigenvalue weighted by Gasteiger charge is -2.20. The van der Waals surface area contributed by atoms with E-state index in [1.807, 2.05) is 19.1 Å². The van der Waals surface area contributed by atoms with E-state index in [1.54, 1.807) is 19.5 Å². The minimum atomic E-state index is -0.214. The summed E-state index contributed by atoms with van der Waals surface area (Å²) in [6, 6.07) is 3.82. The molecule has 26 heavy (non-hydrogen) atoms. The van der Waals surface area contributed by atoms with Crippen molar-refractivity contribution in [2.45, 2.75) is 51.2 Å². The Morgan fingerprint density at radius 1 is 1.38 bits per heavy atom. The van der Waals surface area contributed by atoms with Crippen molar-refractivity contribution in [1.29, 1.82) is 0 Å². The van der Waals surface area contributed by atoms with Crippen LogP contribution in [0.25, 0.3) is 0 Å². The first kappa shape index (κ1) is 20.5. The molecule has 2 heterocycles. The number of carbonyl (C=O) groups is 1. The number of aromatic nitrogens is 3. The SMILES string of the molecule is COCCn1c(SC(C(=O)NCc2cccnc2)C(C)C)nc(C)c1C. The lowest BCUT2D eigenvalue weighted by Crippen LogP contribution is -2.35. The Kier molecular flexibility index (Phi) is 7.66. The van der Waals surface area contributed by atoms with Crippen molar-refractivity contribution in [1.82, 2.24) is 19.9 Å². The number of carbonyl (C=O) groups excluding carboxylic acids is 1. The van der Waals surface area contributed by atoms with Gasteiger partial charge in [-0.1, -0.05) is 31.7 Å². The van der Waals surface area contributed by atoms with E-state index >= 15 is 0 Å². The number of amides is 1. The first-order valence-corrected chi connectivity index (χ1v) is 9.68. The van der Waals surface area contributed by atoms with Gasteiger partial charge in [0.1, 0.15) is 0 Å². The molecule has 142 valence electrons. The summed E-state index contributed by atoms with van der Waals surface area (Å²) >= 11 is 1.52. The summed E-state index contributed by atoms with van der Waals surface area (Å²) in [5.74, 6) is 0.201. The average molecular weight is 377 g/mol. The summed E-state index contributed by atoms with van der Waals surface area (Å²) in [6.07, 6.45) is 3.49. The number of hydrogen-bond donors (Lipinski definition) is 1. The average Bonchev–Trinajstić information content (AvgIpc) is 2.90. The number of rotatable bonds is 9. The van der Waals surface area contributed by atoms with Gasteiger partial charge >= 0.3 is 0 Å².